The van der Waals surface area contributed by atoms with Crippen LogP contribution in [0.2, 0.25) is 0 Å². The van der Waals surface area contributed by atoms with E-state index in [0.29, 0.717) is 13.2 Å². The first-order valence-electron chi connectivity index (χ1n) is 5.17. The maximum absolute atomic E-state index is 5.43. The van der Waals surface area contributed by atoms with Gasteiger partial charge in [0.05, 0.1) is 24.6 Å². The number of ether oxygens (including phenoxy) is 1. The smallest absolute Gasteiger partial charge is 0.134 e. The van der Waals surface area contributed by atoms with E-state index >= 15 is 0 Å². The zero-order valence-corrected chi connectivity index (χ0v) is 10.5. The van der Waals surface area contributed by atoms with E-state index in [0.717, 1.165) is 16.0 Å². The SMILES string of the molecule is Cc1ccc(-n2nc(Br)c3c2COC3)cc1. The molecule has 16 heavy (non-hydrogen) atoms. The summed E-state index contributed by atoms with van der Waals surface area (Å²) >= 11 is 3.47. The van der Waals surface area contributed by atoms with Gasteiger partial charge in [-0.25, -0.2) is 4.68 Å². The van der Waals surface area contributed by atoms with Gasteiger partial charge < -0.3 is 4.74 Å². The summed E-state index contributed by atoms with van der Waals surface area (Å²) in [6.45, 7) is 3.37. The number of fused-ring (bicyclic) bond motifs is 1. The fraction of sp³-hybridized carbons (Fsp3) is 0.250. The lowest BCUT2D eigenvalue weighted by Crippen LogP contribution is -2.01. The Morgan fingerprint density at radius 2 is 2.00 bits per heavy atom. The number of halogens is 1. The largest absolute Gasteiger partial charge is 0.370 e. The molecule has 1 aromatic heterocycles. The Bertz CT molecular complexity index is 531. The van der Waals surface area contributed by atoms with Crippen molar-refractivity contribution in [1.29, 1.82) is 0 Å². The van der Waals surface area contributed by atoms with Gasteiger partial charge in [0, 0.05) is 5.56 Å². The highest BCUT2D eigenvalue weighted by Crippen LogP contribution is 2.29. The van der Waals surface area contributed by atoms with Crippen molar-refractivity contribution in [2.75, 3.05) is 0 Å². The Labute approximate surface area is 102 Å². The molecule has 0 spiro atoms. The average Bonchev–Trinajstić information content (AvgIpc) is 2.84. The molecule has 1 aromatic carbocycles. The summed E-state index contributed by atoms with van der Waals surface area (Å²) in [5, 5.41) is 4.49. The van der Waals surface area contributed by atoms with E-state index in [-0.39, 0.29) is 0 Å². The van der Waals surface area contributed by atoms with Crippen LogP contribution in [-0.4, -0.2) is 9.78 Å². The van der Waals surface area contributed by atoms with Gasteiger partial charge in [0.1, 0.15) is 4.60 Å². The predicted molar refractivity (Wildman–Crippen MR) is 64.5 cm³/mol. The van der Waals surface area contributed by atoms with E-state index in [1.165, 1.54) is 11.1 Å². The number of aromatic nitrogens is 2. The van der Waals surface area contributed by atoms with Crippen molar-refractivity contribution in [1.82, 2.24) is 9.78 Å². The van der Waals surface area contributed by atoms with E-state index in [9.17, 15) is 0 Å². The normalized spacial score (nSPS) is 14.1. The topological polar surface area (TPSA) is 27.1 Å². The van der Waals surface area contributed by atoms with Crippen LogP contribution < -0.4 is 0 Å². The molecule has 0 N–H and O–H groups in total. The van der Waals surface area contributed by atoms with Gasteiger partial charge in [-0.2, -0.15) is 5.10 Å². The maximum atomic E-state index is 5.43. The van der Waals surface area contributed by atoms with Gasteiger partial charge in [-0.1, -0.05) is 17.7 Å². The van der Waals surface area contributed by atoms with Crippen LogP contribution in [0.5, 0.6) is 0 Å². The molecule has 1 aliphatic heterocycles. The molecular formula is C12H11BrN2O. The van der Waals surface area contributed by atoms with Crippen molar-refractivity contribution in [3.05, 3.63) is 45.7 Å². The lowest BCUT2D eigenvalue weighted by atomic mass is 10.2. The Morgan fingerprint density at radius 1 is 1.25 bits per heavy atom. The first kappa shape index (κ1) is 10.1. The van der Waals surface area contributed by atoms with Crippen LogP contribution in [0.4, 0.5) is 0 Å². The van der Waals surface area contributed by atoms with Gasteiger partial charge in [-0.15, -0.1) is 0 Å². The number of benzene rings is 1. The monoisotopic (exact) mass is 278 g/mol. The van der Waals surface area contributed by atoms with Gasteiger partial charge in [0.15, 0.2) is 0 Å². The summed E-state index contributed by atoms with van der Waals surface area (Å²) in [5.74, 6) is 0. The molecule has 4 heteroatoms. The van der Waals surface area contributed by atoms with Crippen LogP contribution in [0.1, 0.15) is 16.8 Å². The highest BCUT2D eigenvalue weighted by molar-refractivity contribution is 9.10. The Hall–Kier alpha value is -1.13. The molecule has 0 fully saturated rings. The molecule has 0 aliphatic carbocycles. The second-order valence-corrected chi connectivity index (χ2v) is 4.71. The molecule has 82 valence electrons. The lowest BCUT2D eigenvalue weighted by molar-refractivity contribution is 0.130. The molecule has 0 bridgehead atoms. The molecule has 0 radical (unpaired) electrons. The van der Waals surface area contributed by atoms with Gasteiger partial charge in [-0.05, 0) is 35.0 Å². The molecule has 0 amide bonds. The third-order valence-corrected chi connectivity index (χ3v) is 3.44. The summed E-state index contributed by atoms with van der Waals surface area (Å²) in [6, 6.07) is 8.33. The third-order valence-electron chi connectivity index (χ3n) is 2.80. The van der Waals surface area contributed by atoms with Crippen LogP contribution in [0.3, 0.4) is 0 Å². The fourth-order valence-corrected chi connectivity index (χ4v) is 2.40. The maximum Gasteiger partial charge on any atom is 0.134 e. The Morgan fingerprint density at radius 3 is 2.75 bits per heavy atom. The summed E-state index contributed by atoms with van der Waals surface area (Å²) in [5.41, 5.74) is 4.65. The molecule has 0 saturated heterocycles. The quantitative estimate of drug-likeness (QED) is 0.802. The van der Waals surface area contributed by atoms with Crippen LogP contribution in [0, 0.1) is 6.92 Å². The molecule has 0 saturated carbocycles. The molecule has 3 rings (SSSR count). The molecule has 3 nitrogen and oxygen atoms in total. The minimum atomic E-state index is 0.641. The minimum absolute atomic E-state index is 0.641. The molecule has 1 aliphatic rings. The number of nitrogens with zero attached hydrogens (tertiary/aromatic N) is 2. The first-order valence-corrected chi connectivity index (χ1v) is 5.96. The summed E-state index contributed by atoms with van der Waals surface area (Å²) in [4.78, 5) is 0. The molecule has 0 unspecified atom stereocenters. The van der Waals surface area contributed by atoms with E-state index in [4.69, 9.17) is 4.74 Å². The zero-order chi connectivity index (χ0) is 11.1. The highest BCUT2D eigenvalue weighted by atomic mass is 79.9. The van der Waals surface area contributed by atoms with Crippen molar-refractivity contribution in [2.24, 2.45) is 0 Å². The standard InChI is InChI=1S/C12H11BrN2O/c1-8-2-4-9(5-3-8)15-11-7-16-6-10(11)12(13)14-15/h2-5H,6-7H2,1H3. The number of hydrogen-bond acceptors (Lipinski definition) is 2. The van der Waals surface area contributed by atoms with E-state index in [1.807, 2.05) is 4.68 Å². The molecule has 2 heterocycles. The fourth-order valence-electron chi connectivity index (χ4n) is 1.90. The Kier molecular flexibility index (Phi) is 2.33. The zero-order valence-electron chi connectivity index (χ0n) is 8.90. The molecule has 0 atom stereocenters. The lowest BCUT2D eigenvalue weighted by Gasteiger charge is -2.05. The third kappa shape index (κ3) is 1.49. The van der Waals surface area contributed by atoms with Gasteiger partial charge in [0.2, 0.25) is 0 Å². The predicted octanol–water partition coefficient (Wildman–Crippen LogP) is 2.97. The van der Waals surface area contributed by atoms with E-state index in [1.54, 1.807) is 0 Å². The van der Waals surface area contributed by atoms with Crippen LogP contribution >= 0.6 is 15.9 Å². The van der Waals surface area contributed by atoms with Gasteiger partial charge in [0.25, 0.3) is 0 Å². The number of aryl methyl sites for hydroxylation is 1. The second-order valence-electron chi connectivity index (χ2n) is 3.96. The summed E-state index contributed by atoms with van der Waals surface area (Å²) < 4.78 is 8.27. The van der Waals surface area contributed by atoms with Gasteiger partial charge in [-0.3, -0.25) is 0 Å². The summed E-state index contributed by atoms with van der Waals surface area (Å²) in [7, 11) is 0. The van der Waals surface area contributed by atoms with Crippen LogP contribution in [0.15, 0.2) is 28.9 Å². The van der Waals surface area contributed by atoms with Crippen molar-refractivity contribution in [3.63, 3.8) is 0 Å². The molecular weight excluding hydrogens is 268 g/mol. The summed E-state index contributed by atoms with van der Waals surface area (Å²) in [6.07, 6.45) is 0. The second kappa shape index (κ2) is 3.71. The van der Waals surface area contributed by atoms with Crippen LogP contribution in [0.25, 0.3) is 5.69 Å². The molecule has 2 aromatic rings. The van der Waals surface area contributed by atoms with Crippen LogP contribution in [-0.2, 0) is 18.0 Å². The number of hydrogen-bond donors (Lipinski definition) is 0. The van der Waals surface area contributed by atoms with Crippen molar-refractivity contribution in [3.8, 4) is 5.69 Å². The Balaban J connectivity index is 2.13. The van der Waals surface area contributed by atoms with E-state index in [2.05, 4.69) is 52.2 Å². The first-order chi connectivity index (χ1) is 7.75. The number of rotatable bonds is 1. The van der Waals surface area contributed by atoms with Crippen molar-refractivity contribution in [2.45, 2.75) is 20.1 Å². The minimum Gasteiger partial charge on any atom is -0.370 e. The van der Waals surface area contributed by atoms with Gasteiger partial charge >= 0.3 is 0 Å². The van der Waals surface area contributed by atoms with E-state index < -0.39 is 0 Å². The van der Waals surface area contributed by atoms with Crippen molar-refractivity contribution < 1.29 is 4.74 Å². The highest BCUT2D eigenvalue weighted by Gasteiger charge is 2.22. The average molecular weight is 279 g/mol. The van der Waals surface area contributed by atoms with Crippen molar-refractivity contribution >= 4 is 15.9 Å².